The van der Waals surface area contributed by atoms with Crippen LogP contribution < -0.4 is 5.56 Å². The van der Waals surface area contributed by atoms with Gasteiger partial charge < -0.3 is 4.98 Å². The number of H-pyrrole nitrogens is 1. The first-order chi connectivity index (χ1) is 8.15. The number of aryl methyl sites for hydroxylation is 1. The van der Waals surface area contributed by atoms with E-state index in [2.05, 4.69) is 4.98 Å². The Bertz CT molecular complexity index is 493. The lowest BCUT2D eigenvalue weighted by molar-refractivity contribution is -0.0758. The summed E-state index contributed by atoms with van der Waals surface area (Å²) in [6.45, 7) is 0. The molecule has 92 valence electrons. The van der Waals surface area contributed by atoms with E-state index in [0.717, 1.165) is 41.9 Å². The summed E-state index contributed by atoms with van der Waals surface area (Å²) in [6.07, 6.45) is 5.56. The molecule has 1 aliphatic rings. The minimum Gasteiger partial charge on any atom is -0.328 e. The number of carbonyl (C=O) groups excluding carboxylic acids is 1. The molecule has 0 fully saturated rings. The Morgan fingerprint density at radius 1 is 1.41 bits per heavy atom. The summed E-state index contributed by atoms with van der Waals surface area (Å²) >= 11 is 0. The number of pyridine rings is 1. The maximum Gasteiger partial charge on any atom is 0.283 e. The molecule has 5 heteroatoms. The third kappa shape index (κ3) is 2.10. The topological polar surface area (TPSA) is 62.4 Å². The predicted octanol–water partition coefficient (Wildman–Crippen LogP) is 0.887. The Hall–Kier alpha value is -1.62. The van der Waals surface area contributed by atoms with Crippen molar-refractivity contribution in [1.29, 1.82) is 0 Å². The maximum absolute atomic E-state index is 12.0. The Morgan fingerprint density at radius 2 is 2.12 bits per heavy atom. The zero-order valence-electron chi connectivity index (χ0n) is 10.1. The highest BCUT2D eigenvalue weighted by Crippen LogP contribution is 2.22. The molecule has 1 aliphatic carbocycles. The number of aromatic amines is 1. The molecule has 0 unspecified atom stereocenters. The van der Waals surface area contributed by atoms with Gasteiger partial charge in [0.05, 0.1) is 7.11 Å². The van der Waals surface area contributed by atoms with Crippen LogP contribution in [-0.4, -0.2) is 30.1 Å². The molecule has 1 aromatic rings. The Balaban J connectivity index is 2.52. The molecule has 0 spiro atoms. The molecule has 0 aliphatic heterocycles. The van der Waals surface area contributed by atoms with Gasteiger partial charge in [0.1, 0.15) is 5.56 Å². The second-order valence-electron chi connectivity index (χ2n) is 4.19. The van der Waals surface area contributed by atoms with Crippen molar-refractivity contribution < 1.29 is 9.63 Å². The highest BCUT2D eigenvalue weighted by Gasteiger charge is 2.23. The van der Waals surface area contributed by atoms with Crippen LogP contribution in [0.3, 0.4) is 0 Å². The first kappa shape index (κ1) is 11.9. The van der Waals surface area contributed by atoms with Gasteiger partial charge in [-0.05, 0) is 36.8 Å². The first-order valence-corrected chi connectivity index (χ1v) is 5.70. The fourth-order valence-corrected chi connectivity index (χ4v) is 2.20. The lowest BCUT2D eigenvalue weighted by atomic mass is 9.90. The van der Waals surface area contributed by atoms with Gasteiger partial charge in [-0.15, -0.1) is 0 Å². The van der Waals surface area contributed by atoms with E-state index >= 15 is 0 Å². The van der Waals surface area contributed by atoms with E-state index in [1.165, 1.54) is 14.2 Å². The summed E-state index contributed by atoms with van der Waals surface area (Å²) in [5.74, 6) is -0.382. The molecular weight excluding hydrogens is 220 g/mol. The van der Waals surface area contributed by atoms with Gasteiger partial charge in [0.15, 0.2) is 0 Å². The molecule has 0 radical (unpaired) electrons. The number of amides is 1. The van der Waals surface area contributed by atoms with Crippen LogP contribution in [0.25, 0.3) is 0 Å². The second-order valence-corrected chi connectivity index (χ2v) is 4.19. The summed E-state index contributed by atoms with van der Waals surface area (Å²) in [4.78, 5) is 31.3. The molecule has 0 atom stereocenters. The maximum atomic E-state index is 12.0. The number of aromatic nitrogens is 1. The third-order valence-electron chi connectivity index (χ3n) is 3.19. The van der Waals surface area contributed by atoms with Gasteiger partial charge in [0.2, 0.25) is 0 Å². The largest absolute Gasteiger partial charge is 0.328 e. The van der Waals surface area contributed by atoms with Crippen LogP contribution in [0.1, 0.15) is 34.3 Å². The normalized spacial score (nSPS) is 14.2. The Labute approximate surface area is 99.4 Å². The van der Waals surface area contributed by atoms with Gasteiger partial charge in [-0.25, -0.2) is 5.06 Å². The van der Waals surface area contributed by atoms with Crippen LogP contribution in [0.5, 0.6) is 0 Å². The molecule has 1 aromatic heterocycles. The van der Waals surface area contributed by atoms with Crippen molar-refractivity contribution in [3.63, 3.8) is 0 Å². The number of hydrogen-bond acceptors (Lipinski definition) is 3. The molecule has 2 rings (SSSR count). The molecule has 1 N–H and O–H groups in total. The van der Waals surface area contributed by atoms with Crippen LogP contribution in [0.4, 0.5) is 0 Å². The van der Waals surface area contributed by atoms with Crippen LogP contribution in [0, 0.1) is 0 Å². The molecule has 0 saturated carbocycles. The number of nitrogens with zero attached hydrogens (tertiary/aromatic N) is 1. The summed E-state index contributed by atoms with van der Waals surface area (Å²) < 4.78 is 0. The van der Waals surface area contributed by atoms with Crippen LogP contribution >= 0.6 is 0 Å². The fourth-order valence-electron chi connectivity index (χ4n) is 2.20. The number of rotatable bonds is 2. The van der Waals surface area contributed by atoms with E-state index in [0.29, 0.717) is 0 Å². The second kappa shape index (κ2) is 4.71. The van der Waals surface area contributed by atoms with Crippen molar-refractivity contribution in [2.75, 3.05) is 14.2 Å². The Morgan fingerprint density at radius 3 is 2.82 bits per heavy atom. The summed E-state index contributed by atoms with van der Waals surface area (Å²) in [5.41, 5.74) is 1.85. The van der Waals surface area contributed by atoms with Gasteiger partial charge in [-0.1, -0.05) is 0 Å². The van der Waals surface area contributed by atoms with Gasteiger partial charge in [-0.3, -0.25) is 14.4 Å². The van der Waals surface area contributed by atoms with E-state index in [9.17, 15) is 9.59 Å². The minimum absolute atomic E-state index is 0.228. The number of fused-ring (bicyclic) bond motifs is 1. The van der Waals surface area contributed by atoms with Crippen molar-refractivity contribution >= 4 is 5.91 Å². The molecule has 0 bridgehead atoms. The SMILES string of the molecule is CON(C)C(=O)c1c2c(c[nH]c1=O)CCCC2. The zero-order chi connectivity index (χ0) is 12.4. The highest BCUT2D eigenvalue weighted by atomic mass is 16.7. The number of carbonyl (C=O) groups is 1. The predicted molar refractivity (Wildman–Crippen MR) is 62.8 cm³/mol. The molecule has 17 heavy (non-hydrogen) atoms. The van der Waals surface area contributed by atoms with Gasteiger partial charge in [-0.2, -0.15) is 0 Å². The minimum atomic E-state index is -0.382. The molecule has 0 saturated heterocycles. The van der Waals surface area contributed by atoms with Gasteiger partial charge in [0.25, 0.3) is 11.5 Å². The number of hydroxylamine groups is 2. The average molecular weight is 236 g/mol. The van der Waals surface area contributed by atoms with Crippen LogP contribution in [0.15, 0.2) is 11.0 Å². The number of nitrogens with one attached hydrogen (secondary N) is 1. The zero-order valence-corrected chi connectivity index (χ0v) is 10.1. The van der Waals surface area contributed by atoms with E-state index in [4.69, 9.17) is 4.84 Å². The summed E-state index contributed by atoms with van der Waals surface area (Å²) in [7, 11) is 2.91. The van der Waals surface area contributed by atoms with Crippen molar-refractivity contribution in [2.24, 2.45) is 0 Å². The molecular formula is C12H16N2O3. The van der Waals surface area contributed by atoms with Gasteiger partial charge in [0, 0.05) is 13.2 Å². The number of hydrogen-bond donors (Lipinski definition) is 1. The average Bonchev–Trinajstić information content (AvgIpc) is 2.37. The van der Waals surface area contributed by atoms with Crippen LogP contribution in [-0.2, 0) is 17.7 Å². The smallest absolute Gasteiger partial charge is 0.283 e. The van der Waals surface area contributed by atoms with Gasteiger partial charge >= 0.3 is 0 Å². The monoisotopic (exact) mass is 236 g/mol. The van der Waals surface area contributed by atoms with E-state index in [1.807, 2.05) is 0 Å². The highest BCUT2D eigenvalue weighted by molar-refractivity contribution is 5.94. The van der Waals surface area contributed by atoms with Crippen LogP contribution in [0.2, 0.25) is 0 Å². The van der Waals surface area contributed by atoms with Crippen molar-refractivity contribution in [3.8, 4) is 0 Å². The summed E-state index contributed by atoms with van der Waals surface area (Å²) in [6, 6.07) is 0. The molecule has 5 nitrogen and oxygen atoms in total. The fraction of sp³-hybridized carbons (Fsp3) is 0.500. The lowest BCUT2D eigenvalue weighted by Crippen LogP contribution is -2.33. The molecule has 0 aromatic carbocycles. The quantitative estimate of drug-likeness (QED) is 0.775. The molecule has 1 amide bonds. The van der Waals surface area contributed by atoms with E-state index < -0.39 is 0 Å². The third-order valence-corrected chi connectivity index (χ3v) is 3.19. The molecule has 1 heterocycles. The Kier molecular flexibility index (Phi) is 3.28. The standard InChI is InChI=1S/C12H16N2O3/c1-14(17-2)12(16)10-9-6-4-3-5-8(9)7-13-11(10)15/h7H,3-6H2,1-2H3,(H,13,15). The van der Waals surface area contributed by atoms with E-state index in [-0.39, 0.29) is 17.0 Å². The summed E-state index contributed by atoms with van der Waals surface area (Å²) in [5, 5.41) is 1.08. The first-order valence-electron chi connectivity index (χ1n) is 5.70. The van der Waals surface area contributed by atoms with Crippen molar-refractivity contribution in [3.05, 3.63) is 33.2 Å². The lowest BCUT2D eigenvalue weighted by Gasteiger charge is -2.20. The van der Waals surface area contributed by atoms with Crippen molar-refractivity contribution in [1.82, 2.24) is 10.0 Å². The van der Waals surface area contributed by atoms with Crippen molar-refractivity contribution in [2.45, 2.75) is 25.7 Å². The van der Waals surface area contributed by atoms with E-state index in [1.54, 1.807) is 6.20 Å².